The Labute approximate surface area is 164 Å². The van der Waals surface area contributed by atoms with Crippen molar-refractivity contribution in [1.82, 2.24) is 30.2 Å². The Balaban J connectivity index is 1.52. The van der Waals surface area contributed by atoms with E-state index >= 15 is 0 Å². The molecule has 3 N–H and O–H groups in total. The molecule has 12 nitrogen and oxygen atoms in total. The van der Waals surface area contributed by atoms with Crippen LogP contribution in [0.1, 0.15) is 24.3 Å². The second-order valence-electron chi connectivity index (χ2n) is 6.26. The molecule has 0 saturated heterocycles. The summed E-state index contributed by atoms with van der Waals surface area (Å²) in [5, 5.41) is 21.1. The third kappa shape index (κ3) is 3.16. The van der Waals surface area contributed by atoms with Crippen LogP contribution < -0.4 is 16.2 Å². The highest BCUT2D eigenvalue weighted by Crippen LogP contribution is 2.24. The number of nitrogens with one attached hydrogen (secondary N) is 1. The fraction of sp³-hybridized carbons (Fsp3) is 0.176. The normalized spacial score (nSPS) is 17.0. The summed E-state index contributed by atoms with van der Waals surface area (Å²) < 4.78 is 1.19. The third-order valence-electron chi connectivity index (χ3n) is 4.34. The largest absolute Gasteiger partial charge is 0.382 e. The number of nitrogens with zero attached hydrogens (tertiary/aromatic N) is 8. The van der Waals surface area contributed by atoms with Crippen molar-refractivity contribution in [2.24, 2.45) is 16.1 Å². The molecule has 1 aliphatic heterocycles. The first-order valence-electron chi connectivity index (χ1n) is 8.58. The summed E-state index contributed by atoms with van der Waals surface area (Å²) in [6.45, 7) is 3.36. The first kappa shape index (κ1) is 18.2. The highest BCUT2D eigenvalue weighted by atomic mass is 16.2. The van der Waals surface area contributed by atoms with Gasteiger partial charge in [-0.3, -0.25) is 9.59 Å². The molecule has 0 aliphatic carbocycles. The van der Waals surface area contributed by atoms with Crippen molar-refractivity contribution in [3.8, 4) is 0 Å². The average Bonchev–Trinajstić information content (AvgIpc) is 3.31. The van der Waals surface area contributed by atoms with Gasteiger partial charge < -0.3 is 5.73 Å². The van der Waals surface area contributed by atoms with E-state index in [0.29, 0.717) is 17.1 Å². The SMILES string of the molecule is CC1=NN(c2ccccc2)C(=O)C1/C(C)=N\NC(=O)c1nnc2ncnn2c1N. The van der Waals surface area contributed by atoms with E-state index in [1.54, 1.807) is 26.0 Å². The average molecular weight is 392 g/mol. The maximum atomic E-state index is 12.8. The maximum absolute atomic E-state index is 12.8. The molecule has 1 aliphatic rings. The molecule has 3 aromatic rings. The van der Waals surface area contributed by atoms with E-state index in [1.807, 2.05) is 18.2 Å². The number of hydrogen-bond donors (Lipinski definition) is 2. The number of carbonyl (C=O) groups excluding carboxylic acids is 2. The second-order valence-corrected chi connectivity index (χ2v) is 6.26. The number of para-hydroxylation sites is 1. The molecule has 0 fully saturated rings. The molecular formula is C17H16N10O2. The molecule has 1 unspecified atom stereocenters. The molecule has 12 heteroatoms. The summed E-state index contributed by atoms with van der Waals surface area (Å²) in [4.78, 5) is 29.1. The van der Waals surface area contributed by atoms with Crippen molar-refractivity contribution in [2.75, 3.05) is 10.7 Å². The Bertz CT molecular complexity index is 1170. The van der Waals surface area contributed by atoms with Crippen molar-refractivity contribution in [1.29, 1.82) is 0 Å². The van der Waals surface area contributed by atoms with Gasteiger partial charge in [0.15, 0.2) is 11.5 Å². The molecule has 0 bridgehead atoms. The zero-order chi connectivity index (χ0) is 20.5. The Hall–Kier alpha value is -4.22. The quantitative estimate of drug-likeness (QED) is 0.476. The summed E-state index contributed by atoms with van der Waals surface area (Å²) in [6, 6.07) is 9.06. The van der Waals surface area contributed by atoms with E-state index < -0.39 is 11.8 Å². The van der Waals surface area contributed by atoms with Crippen LogP contribution in [0.15, 0.2) is 46.9 Å². The molecule has 0 saturated carbocycles. The lowest BCUT2D eigenvalue weighted by molar-refractivity contribution is -0.118. The lowest BCUT2D eigenvalue weighted by Crippen LogP contribution is -2.33. The lowest BCUT2D eigenvalue weighted by Gasteiger charge is -2.14. The summed E-state index contributed by atoms with van der Waals surface area (Å²) in [5.41, 5.74) is 9.67. The number of carbonyl (C=O) groups is 2. The van der Waals surface area contributed by atoms with Crippen LogP contribution in [0.3, 0.4) is 0 Å². The van der Waals surface area contributed by atoms with Gasteiger partial charge in [0, 0.05) is 0 Å². The molecule has 0 radical (unpaired) electrons. The Morgan fingerprint density at radius 1 is 1.24 bits per heavy atom. The topological polar surface area (TPSA) is 156 Å². The smallest absolute Gasteiger partial charge is 0.295 e. The molecule has 0 spiro atoms. The molecule has 2 amide bonds. The van der Waals surface area contributed by atoms with Crippen LogP contribution in [-0.2, 0) is 4.79 Å². The van der Waals surface area contributed by atoms with Gasteiger partial charge in [0.25, 0.3) is 17.6 Å². The number of benzene rings is 1. The summed E-state index contributed by atoms with van der Waals surface area (Å²) in [5.74, 6) is -1.48. The van der Waals surface area contributed by atoms with Gasteiger partial charge in [-0.25, -0.2) is 5.43 Å². The van der Waals surface area contributed by atoms with Gasteiger partial charge in [-0.15, -0.1) is 10.2 Å². The number of aromatic nitrogens is 5. The zero-order valence-corrected chi connectivity index (χ0v) is 15.5. The van der Waals surface area contributed by atoms with Gasteiger partial charge in [0.2, 0.25) is 0 Å². The fourth-order valence-corrected chi connectivity index (χ4v) is 2.94. The second kappa shape index (κ2) is 7.07. The van der Waals surface area contributed by atoms with Gasteiger partial charge >= 0.3 is 0 Å². The number of rotatable bonds is 4. The standard InChI is InChI=1S/C17H16N10O2/c1-9(12-10(2)25-26(16(12)29)11-6-4-3-5-7-11)21-23-15(28)13-14(18)27-17(24-22-13)19-8-20-27/h3-8,12H,18H2,1-2H3,(H,23,28)/b21-9-. The van der Waals surface area contributed by atoms with Gasteiger partial charge in [0.1, 0.15) is 12.2 Å². The number of fused-ring (bicyclic) bond motifs is 1. The van der Waals surface area contributed by atoms with Crippen LogP contribution in [-0.4, -0.2) is 48.0 Å². The number of nitrogen functional groups attached to an aromatic ring is 1. The minimum absolute atomic E-state index is 0.0252. The van der Waals surface area contributed by atoms with Crippen molar-refractivity contribution < 1.29 is 9.59 Å². The Morgan fingerprint density at radius 3 is 2.76 bits per heavy atom. The highest BCUT2D eigenvalue weighted by Gasteiger charge is 2.36. The van der Waals surface area contributed by atoms with Crippen molar-refractivity contribution in [2.45, 2.75) is 13.8 Å². The van der Waals surface area contributed by atoms with Gasteiger partial charge in [-0.05, 0) is 26.0 Å². The number of nitrogens with two attached hydrogens (primary N) is 1. The molecule has 1 atom stereocenters. The van der Waals surface area contributed by atoms with E-state index in [0.717, 1.165) is 0 Å². The molecule has 29 heavy (non-hydrogen) atoms. The van der Waals surface area contributed by atoms with E-state index in [1.165, 1.54) is 15.9 Å². The van der Waals surface area contributed by atoms with Gasteiger partial charge in [-0.1, -0.05) is 18.2 Å². The van der Waals surface area contributed by atoms with E-state index in [-0.39, 0.29) is 23.2 Å². The molecule has 146 valence electrons. The van der Waals surface area contributed by atoms with Crippen LogP contribution in [0.5, 0.6) is 0 Å². The summed E-state index contributed by atoms with van der Waals surface area (Å²) in [6.07, 6.45) is 1.25. The number of amides is 2. The van der Waals surface area contributed by atoms with Crippen LogP contribution >= 0.6 is 0 Å². The van der Waals surface area contributed by atoms with Crippen LogP contribution in [0.25, 0.3) is 5.78 Å². The predicted octanol–water partition coefficient (Wildman–Crippen LogP) is 0.246. The molecule has 2 aromatic heterocycles. The summed E-state index contributed by atoms with van der Waals surface area (Å²) in [7, 11) is 0. The Morgan fingerprint density at radius 2 is 2.00 bits per heavy atom. The maximum Gasteiger partial charge on any atom is 0.295 e. The van der Waals surface area contributed by atoms with Gasteiger partial charge in [-0.2, -0.15) is 29.8 Å². The minimum atomic E-state index is -0.688. The summed E-state index contributed by atoms with van der Waals surface area (Å²) >= 11 is 0. The molecule has 4 rings (SSSR count). The number of anilines is 2. The minimum Gasteiger partial charge on any atom is -0.382 e. The van der Waals surface area contributed by atoms with E-state index in [4.69, 9.17) is 5.73 Å². The highest BCUT2D eigenvalue weighted by molar-refractivity contribution is 6.27. The molecule has 1 aromatic carbocycles. The zero-order valence-electron chi connectivity index (χ0n) is 15.5. The van der Waals surface area contributed by atoms with Crippen LogP contribution in [0.2, 0.25) is 0 Å². The molecular weight excluding hydrogens is 376 g/mol. The van der Waals surface area contributed by atoms with E-state index in [2.05, 4.69) is 35.9 Å². The lowest BCUT2D eigenvalue weighted by atomic mass is 9.99. The van der Waals surface area contributed by atoms with Crippen molar-refractivity contribution in [3.63, 3.8) is 0 Å². The predicted molar refractivity (Wildman–Crippen MR) is 104 cm³/mol. The van der Waals surface area contributed by atoms with Gasteiger partial charge in [0.05, 0.1) is 17.1 Å². The first-order chi connectivity index (χ1) is 14.0. The fourth-order valence-electron chi connectivity index (χ4n) is 2.94. The van der Waals surface area contributed by atoms with Crippen LogP contribution in [0.4, 0.5) is 11.5 Å². The van der Waals surface area contributed by atoms with E-state index in [9.17, 15) is 9.59 Å². The van der Waals surface area contributed by atoms with Crippen LogP contribution in [0, 0.1) is 5.92 Å². The molecule has 3 heterocycles. The van der Waals surface area contributed by atoms with Crippen molar-refractivity contribution >= 4 is 40.5 Å². The third-order valence-corrected chi connectivity index (χ3v) is 4.34. The number of hydrogen-bond acceptors (Lipinski definition) is 9. The van der Waals surface area contributed by atoms with Crippen molar-refractivity contribution in [3.05, 3.63) is 42.4 Å². The number of hydrazone groups is 2. The Kier molecular flexibility index (Phi) is 4.43. The monoisotopic (exact) mass is 392 g/mol. The first-order valence-corrected chi connectivity index (χ1v) is 8.58.